The molecule has 1 saturated heterocycles. The number of rotatable bonds is 8. The summed E-state index contributed by atoms with van der Waals surface area (Å²) in [7, 11) is -3.77. The molecule has 1 aliphatic heterocycles. The Hall–Kier alpha value is -1.78. The van der Waals surface area contributed by atoms with E-state index in [4.69, 9.17) is 21.1 Å². The summed E-state index contributed by atoms with van der Waals surface area (Å²) in [6.45, 7) is 3.37. The third-order valence-corrected chi connectivity index (χ3v) is 7.48. The highest BCUT2D eigenvalue weighted by atomic mass is 35.5. The molecule has 1 N–H and O–H groups in total. The van der Waals surface area contributed by atoms with E-state index in [0.29, 0.717) is 30.5 Å². The first-order valence-electron chi connectivity index (χ1n) is 9.43. The molecule has 1 fully saturated rings. The Morgan fingerprint density at radius 3 is 2.57 bits per heavy atom. The third-order valence-electron chi connectivity index (χ3n) is 4.30. The van der Waals surface area contributed by atoms with Crippen molar-refractivity contribution in [2.75, 3.05) is 44.0 Å². The number of sulfonamides is 1. The first-order valence-corrected chi connectivity index (χ1v) is 12.2. The van der Waals surface area contributed by atoms with Crippen molar-refractivity contribution in [1.82, 2.24) is 4.31 Å². The average molecular weight is 471 g/mol. The van der Waals surface area contributed by atoms with Crippen LogP contribution in [-0.2, 0) is 19.6 Å². The lowest BCUT2D eigenvalue weighted by atomic mass is 10.3. The lowest BCUT2D eigenvalue weighted by Crippen LogP contribution is -2.40. The van der Waals surface area contributed by atoms with Crippen molar-refractivity contribution in [3.8, 4) is 5.75 Å². The number of nitrogens with zero attached hydrogens (tertiary/aromatic N) is 1. The van der Waals surface area contributed by atoms with Gasteiger partial charge >= 0.3 is 0 Å². The van der Waals surface area contributed by atoms with Gasteiger partial charge < -0.3 is 14.8 Å². The van der Waals surface area contributed by atoms with Crippen molar-refractivity contribution in [3.05, 3.63) is 47.5 Å². The Morgan fingerprint density at radius 1 is 1.20 bits per heavy atom. The SMILES string of the molecule is CCOc1ccc(NC(=O)CSc2ccc(Cl)cc2)cc1S(=O)(=O)N1CCOCC1. The molecule has 0 saturated carbocycles. The minimum absolute atomic E-state index is 0.0365. The summed E-state index contributed by atoms with van der Waals surface area (Å²) >= 11 is 7.23. The first kappa shape index (κ1) is 22.9. The van der Waals surface area contributed by atoms with Gasteiger partial charge in [0.1, 0.15) is 10.6 Å². The van der Waals surface area contributed by atoms with Crippen molar-refractivity contribution >= 4 is 45.0 Å². The van der Waals surface area contributed by atoms with E-state index < -0.39 is 10.0 Å². The lowest BCUT2D eigenvalue weighted by molar-refractivity contribution is -0.113. The number of hydrogen-bond donors (Lipinski definition) is 1. The molecule has 1 aliphatic rings. The zero-order chi connectivity index (χ0) is 21.6. The molecule has 0 atom stereocenters. The summed E-state index contributed by atoms with van der Waals surface area (Å²) < 4.78 is 38.4. The van der Waals surface area contributed by atoms with Gasteiger partial charge in [-0.2, -0.15) is 4.31 Å². The Morgan fingerprint density at radius 2 is 1.90 bits per heavy atom. The predicted octanol–water partition coefficient (Wildman–Crippen LogP) is 3.49. The summed E-state index contributed by atoms with van der Waals surface area (Å²) in [4.78, 5) is 13.3. The number of morpholine rings is 1. The Labute approximate surface area is 185 Å². The monoisotopic (exact) mass is 470 g/mol. The smallest absolute Gasteiger partial charge is 0.246 e. The van der Waals surface area contributed by atoms with E-state index in [0.717, 1.165) is 4.90 Å². The number of anilines is 1. The molecule has 30 heavy (non-hydrogen) atoms. The molecule has 2 aromatic rings. The first-order chi connectivity index (χ1) is 14.4. The van der Waals surface area contributed by atoms with E-state index >= 15 is 0 Å². The van der Waals surface area contributed by atoms with E-state index in [-0.39, 0.29) is 35.4 Å². The van der Waals surface area contributed by atoms with Gasteiger partial charge in [-0.1, -0.05) is 11.6 Å². The van der Waals surface area contributed by atoms with Crippen molar-refractivity contribution in [3.63, 3.8) is 0 Å². The van der Waals surface area contributed by atoms with Crippen LogP contribution in [0.3, 0.4) is 0 Å². The van der Waals surface area contributed by atoms with E-state index in [1.54, 1.807) is 31.2 Å². The zero-order valence-corrected chi connectivity index (χ0v) is 18.9. The minimum Gasteiger partial charge on any atom is -0.492 e. The highest BCUT2D eigenvalue weighted by Crippen LogP contribution is 2.31. The highest BCUT2D eigenvalue weighted by molar-refractivity contribution is 8.00. The molecule has 1 heterocycles. The fraction of sp³-hybridized carbons (Fsp3) is 0.350. The maximum atomic E-state index is 13.1. The van der Waals surface area contributed by atoms with Crippen LogP contribution < -0.4 is 10.1 Å². The molecular formula is C20H23ClN2O5S2. The molecule has 0 bridgehead atoms. The second-order valence-electron chi connectivity index (χ2n) is 6.40. The summed E-state index contributed by atoms with van der Waals surface area (Å²) in [5, 5.41) is 3.39. The number of carbonyl (C=O) groups excluding carboxylic acids is 1. The molecule has 0 aromatic heterocycles. The molecule has 0 radical (unpaired) electrons. The third kappa shape index (κ3) is 5.89. The maximum absolute atomic E-state index is 13.1. The standard InChI is InChI=1S/C20H23ClN2O5S2/c1-2-28-18-8-5-16(13-19(18)30(25,26)23-9-11-27-12-10-23)22-20(24)14-29-17-6-3-15(21)4-7-17/h3-8,13H,2,9-12,14H2,1H3,(H,22,24). The summed E-state index contributed by atoms with van der Waals surface area (Å²) in [6, 6.07) is 11.8. The summed E-state index contributed by atoms with van der Waals surface area (Å²) in [6.07, 6.45) is 0. The highest BCUT2D eigenvalue weighted by Gasteiger charge is 2.29. The Kier molecular flexibility index (Phi) is 8.01. The molecule has 162 valence electrons. The van der Waals surface area contributed by atoms with E-state index in [1.807, 2.05) is 12.1 Å². The van der Waals surface area contributed by atoms with Crippen LogP contribution in [0.4, 0.5) is 5.69 Å². The molecule has 0 unspecified atom stereocenters. The van der Waals surface area contributed by atoms with Crippen molar-refractivity contribution < 1.29 is 22.7 Å². The second kappa shape index (κ2) is 10.5. The summed E-state index contributed by atoms with van der Waals surface area (Å²) in [5.74, 6) is 0.201. The van der Waals surface area contributed by atoms with Crippen LogP contribution in [0.5, 0.6) is 5.75 Å². The van der Waals surface area contributed by atoms with Gasteiger partial charge in [-0.25, -0.2) is 8.42 Å². The fourth-order valence-electron chi connectivity index (χ4n) is 2.86. The predicted molar refractivity (Wildman–Crippen MR) is 118 cm³/mol. The number of thioether (sulfide) groups is 1. The number of halogens is 1. The van der Waals surface area contributed by atoms with Crippen LogP contribution >= 0.6 is 23.4 Å². The molecule has 2 aromatic carbocycles. The van der Waals surface area contributed by atoms with Gasteiger partial charge in [0.2, 0.25) is 15.9 Å². The average Bonchev–Trinajstić information content (AvgIpc) is 2.75. The van der Waals surface area contributed by atoms with Gasteiger partial charge in [-0.05, 0) is 49.4 Å². The van der Waals surface area contributed by atoms with Gasteiger partial charge in [-0.3, -0.25) is 4.79 Å². The second-order valence-corrected chi connectivity index (χ2v) is 9.79. The van der Waals surface area contributed by atoms with Crippen LogP contribution in [0, 0.1) is 0 Å². The van der Waals surface area contributed by atoms with Crippen LogP contribution in [0.2, 0.25) is 5.02 Å². The molecule has 1 amide bonds. The molecule has 0 aliphatic carbocycles. The van der Waals surface area contributed by atoms with Gasteiger partial charge in [0.05, 0.1) is 25.6 Å². The van der Waals surface area contributed by atoms with Gasteiger partial charge in [0, 0.05) is 28.7 Å². The minimum atomic E-state index is -3.77. The fourth-order valence-corrected chi connectivity index (χ4v) is 5.25. The molecule has 0 spiro atoms. The van der Waals surface area contributed by atoms with Crippen LogP contribution in [0.25, 0.3) is 0 Å². The lowest BCUT2D eigenvalue weighted by Gasteiger charge is -2.27. The van der Waals surface area contributed by atoms with E-state index in [1.165, 1.54) is 22.1 Å². The maximum Gasteiger partial charge on any atom is 0.246 e. The number of ether oxygens (including phenoxy) is 2. The topological polar surface area (TPSA) is 84.9 Å². The van der Waals surface area contributed by atoms with Crippen molar-refractivity contribution in [1.29, 1.82) is 0 Å². The normalized spacial score (nSPS) is 15.0. The van der Waals surface area contributed by atoms with Crippen molar-refractivity contribution in [2.45, 2.75) is 16.7 Å². The number of amides is 1. The molecular weight excluding hydrogens is 448 g/mol. The zero-order valence-electron chi connectivity index (χ0n) is 16.5. The van der Waals surface area contributed by atoms with Gasteiger partial charge in [0.25, 0.3) is 0 Å². The Bertz CT molecular complexity index is 977. The number of benzene rings is 2. The molecule has 3 rings (SSSR count). The number of carbonyl (C=O) groups is 1. The van der Waals surface area contributed by atoms with Crippen LogP contribution in [0.15, 0.2) is 52.3 Å². The largest absolute Gasteiger partial charge is 0.492 e. The van der Waals surface area contributed by atoms with Gasteiger partial charge in [0.15, 0.2) is 0 Å². The quantitative estimate of drug-likeness (QED) is 0.594. The van der Waals surface area contributed by atoms with Crippen molar-refractivity contribution in [2.24, 2.45) is 0 Å². The number of hydrogen-bond acceptors (Lipinski definition) is 6. The van der Waals surface area contributed by atoms with E-state index in [2.05, 4.69) is 5.32 Å². The molecule has 10 heteroatoms. The number of nitrogens with one attached hydrogen (secondary N) is 1. The van der Waals surface area contributed by atoms with Crippen LogP contribution in [0.1, 0.15) is 6.92 Å². The van der Waals surface area contributed by atoms with Crippen LogP contribution in [-0.4, -0.2) is 57.3 Å². The van der Waals surface area contributed by atoms with E-state index in [9.17, 15) is 13.2 Å². The molecule has 7 nitrogen and oxygen atoms in total. The summed E-state index contributed by atoms with van der Waals surface area (Å²) in [5.41, 5.74) is 0.395. The Balaban J connectivity index is 1.74. The van der Waals surface area contributed by atoms with Gasteiger partial charge in [-0.15, -0.1) is 11.8 Å².